The lowest BCUT2D eigenvalue weighted by Crippen LogP contribution is -2.51. The lowest BCUT2D eigenvalue weighted by Gasteiger charge is -2.38. The van der Waals surface area contributed by atoms with Crippen molar-refractivity contribution >= 4 is 11.6 Å². The molecule has 4 heterocycles. The van der Waals surface area contributed by atoms with Crippen molar-refractivity contribution in [1.82, 2.24) is 19.5 Å². The fraction of sp³-hybridized carbons (Fsp3) is 0.312. The highest BCUT2D eigenvalue weighted by Gasteiger charge is 2.33. The monoisotopic (exact) mass is 312 g/mol. The standard InChI is InChI=1S/C16H16N4O3/c1-10-5-14-17-15(21)13(9-20(14)18-10)16(22)19-7-11(8-19)6-12-3-2-4-23-12/h2-5,9,11H,6-8H2,1H3,(H,17,21). The fourth-order valence-corrected chi connectivity index (χ4v) is 2.97. The van der Waals surface area contributed by atoms with Gasteiger partial charge in [0.15, 0.2) is 0 Å². The molecule has 1 aliphatic heterocycles. The molecule has 118 valence electrons. The van der Waals surface area contributed by atoms with Crippen molar-refractivity contribution < 1.29 is 9.21 Å². The third kappa shape index (κ3) is 2.44. The summed E-state index contributed by atoms with van der Waals surface area (Å²) in [4.78, 5) is 29.0. The summed E-state index contributed by atoms with van der Waals surface area (Å²) >= 11 is 0. The zero-order valence-electron chi connectivity index (χ0n) is 12.7. The highest BCUT2D eigenvalue weighted by atomic mass is 16.3. The molecule has 4 rings (SSSR count). The number of rotatable bonds is 3. The van der Waals surface area contributed by atoms with Crippen LogP contribution >= 0.6 is 0 Å². The Morgan fingerprint density at radius 3 is 3.04 bits per heavy atom. The van der Waals surface area contributed by atoms with Gasteiger partial charge < -0.3 is 14.3 Å². The number of aromatic amines is 1. The molecular weight excluding hydrogens is 296 g/mol. The van der Waals surface area contributed by atoms with Crippen LogP contribution in [0.15, 0.2) is 39.9 Å². The van der Waals surface area contributed by atoms with Crippen LogP contribution in [0.4, 0.5) is 0 Å². The first-order valence-corrected chi connectivity index (χ1v) is 7.51. The Morgan fingerprint density at radius 2 is 2.30 bits per heavy atom. The van der Waals surface area contributed by atoms with Crippen LogP contribution < -0.4 is 5.56 Å². The Balaban J connectivity index is 1.49. The van der Waals surface area contributed by atoms with Gasteiger partial charge in [-0.25, -0.2) is 4.52 Å². The lowest BCUT2D eigenvalue weighted by atomic mass is 9.94. The summed E-state index contributed by atoms with van der Waals surface area (Å²) in [6, 6.07) is 5.56. The van der Waals surface area contributed by atoms with Crippen LogP contribution in [-0.2, 0) is 6.42 Å². The maximum Gasteiger partial charge on any atom is 0.264 e. The predicted octanol–water partition coefficient (Wildman–Crippen LogP) is 1.24. The zero-order chi connectivity index (χ0) is 16.0. The first-order chi connectivity index (χ1) is 11.1. The maximum absolute atomic E-state index is 12.5. The molecule has 1 fully saturated rings. The van der Waals surface area contributed by atoms with Crippen LogP contribution in [0, 0.1) is 12.8 Å². The van der Waals surface area contributed by atoms with Crippen LogP contribution in [0.5, 0.6) is 0 Å². The molecule has 0 bridgehead atoms. The minimum atomic E-state index is -0.378. The predicted molar refractivity (Wildman–Crippen MR) is 82.4 cm³/mol. The van der Waals surface area contributed by atoms with Crippen molar-refractivity contribution in [2.45, 2.75) is 13.3 Å². The number of aromatic nitrogens is 3. The second kappa shape index (κ2) is 5.12. The molecule has 3 aromatic rings. The van der Waals surface area contributed by atoms with Crippen molar-refractivity contribution in [3.8, 4) is 0 Å². The molecule has 7 nitrogen and oxygen atoms in total. The second-order valence-electron chi connectivity index (χ2n) is 5.97. The fourth-order valence-electron chi connectivity index (χ4n) is 2.97. The molecule has 0 unspecified atom stereocenters. The normalized spacial score (nSPS) is 15.1. The largest absolute Gasteiger partial charge is 0.469 e. The molecule has 1 N–H and O–H groups in total. The van der Waals surface area contributed by atoms with E-state index in [9.17, 15) is 9.59 Å². The van der Waals surface area contributed by atoms with E-state index < -0.39 is 0 Å². The van der Waals surface area contributed by atoms with E-state index in [0.29, 0.717) is 24.7 Å². The van der Waals surface area contributed by atoms with E-state index in [1.807, 2.05) is 19.1 Å². The van der Waals surface area contributed by atoms with E-state index in [2.05, 4.69) is 10.1 Å². The summed E-state index contributed by atoms with van der Waals surface area (Å²) in [6.45, 7) is 3.10. The second-order valence-corrected chi connectivity index (χ2v) is 5.97. The topological polar surface area (TPSA) is 83.6 Å². The molecule has 0 aromatic carbocycles. The molecule has 0 aliphatic carbocycles. The van der Waals surface area contributed by atoms with Crippen molar-refractivity contribution in [3.63, 3.8) is 0 Å². The molecule has 0 spiro atoms. The minimum Gasteiger partial charge on any atom is -0.469 e. The van der Waals surface area contributed by atoms with E-state index in [1.165, 1.54) is 10.7 Å². The SMILES string of the molecule is Cc1cc2[nH]c(=O)c(C(=O)N3CC(Cc4ccco4)C3)cn2n1. The van der Waals surface area contributed by atoms with Gasteiger partial charge in [-0.1, -0.05) is 0 Å². The Bertz CT molecular complexity index is 917. The quantitative estimate of drug-likeness (QED) is 0.788. The number of hydrogen-bond acceptors (Lipinski definition) is 4. The van der Waals surface area contributed by atoms with Gasteiger partial charge in [-0.3, -0.25) is 9.59 Å². The maximum atomic E-state index is 12.5. The number of carbonyl (C=O) groups excluding carboxylic acids is 1. The number of fused-ring (bicyclic) bond motifs is 1. The number of hydrogen-bond donors (Lipinski definition) is 1. The van der Waals surface area contributed by atoms with Crippen LogP contribution in [-0.4, -0.2) is 38.5 Å². The molecular formula is C16H16N4O3. The van der Waals surface area contributed by atoms with E-state index in [-0.39, 0.29) is 17.0 Å². The Kier molecular flexibility index (Phi) is 3.07. The summed E-state index contributed by atoms with van der Waals surface area (Å²) < 4.78 is 6.85. The highest BCUT2D eigenvalue weighted by Crippen LogP contribution is 2.22. The smallest absolute Gasteiger partial charge is 0.264 e. The van der Waals surface area contributed by atoms with Gasteiger partial charge in [-0.05, 0) is 19.1 Å². The van der Waals surface area contributed by atoms with Crippen LogP contribution in [0.3, 0.4) is 0 Å². The summed E-state index contributed by atoms with van der Waals surface area (Å²) in [5.41, 5.74) is 1.12. The zero-order valence-corrected chi connectivity index (χ0v) is 12.7. The van der Waals surface area contributed by atoms with E-state index in [4.69, 9.17) is 4.42 Å². The van der Waals surface area contributed by atoms with Crippen molar-refractivity contribution in [2.75, 3.05) is 13.1 Å². The molecule has 3 aromatic heterocycles. The summed E-state index contributed by atoms with van der Waals surface area (Å²) in [5, 5.41) is 4.23. The van der Waals surface area contributed by atoms with Crippen LogP contribution in [0.1, 0.15) is 21.8 Å². The molecule has 1 aliphatic rings. The van der Waals surface area contributed by atoms with E-state index >= 15 is 0 Å². The van der Waals surface area contributed by atoms with Gasteiger partial charge in [0.2, 0.25) is 0 Å². The average Bonchev–Trinajstić information content (AvgIpc) is 3.09. The van der Waals surface area contributed by atoms with Gasteiger partial charge in [0, 0.05) is 37.7 Å². The minimum absolute atomic E-state index is 0.122. The van der Waals surface area contributed by atoms with Gasteiger partial charge >= 0.3 is 0 Å². The number of furan rings is 1. The Morgan fingerprint density at radius 1 is 1.48 bits per heavy atom. The van der Waals surface area contributed by atoms with Gasteiger partial charge in [0.1, 0.15) is 17.0 Å². The third-order valence-electron chi connectivity index (χ3n) is 4.14. The number of carbonyl (C=O) groups is 1. The first kappa shape index (κ1) is 13.8. The number of amides is 1. The first-order valence-electron chi connectivity index (χ1n) is 7.51. The van der Waals surface area contributed by atoms with E-state index in [0.717, 1.165) is 17.9 Å². The van der Waals surface area contributed by atoms with Gasteiger partial charge in [-0.2, -0.15) is 5.10 Å². The number of aryl methyl sites for hydroxylation is 1. The van der Waals surface area contributed by atoms with Crippen LogP contribution in [0.25, 0.3) is 5.65 Å². The van der Waals surface area contributed by atoms with Crippen molar-refractivity contribution in [2.24, 2.45) is 5.92 Å². The van der Waals surface area contributed by atoms with Gasteiger partial charge in [0.05, 0.1) is 12.0 Å². The third-order valence-corrected chi connectivity index (χ3v) is 4.14. The molecule has 7 heteroatoms. The van der Waals surface area contributed by atoms with Crippen molar-refractivity contribution in [3.05, 3.63) is 58.0 Å². The number of nitrogens with one attached hydrogen (secondary N) is 1. The molecule has 1 saturated heterocycles. The molecule has 0 atom stereocenters. The Labute approximate surface area is 131 Å². The molecule has 1 amide bonds. The number of H-pyrrole nitrogens is 1. The van der Waals surface area contributed by atoms with Gasteiger partial charge in [0.25, 0.3) is 11.5 Å². The van der Waals surface area contributed by atoms with Crippen LogP contribution in [0.2, 0.25) is 0 Å². The van der Waals surface area contributed by atoms with Crippen molar-refractivity contribution in [1.29, 1.82) is 0 Å². The Hall–Kier alpha value is -2.83. The van der Waals surface area contributed by atoms with Gasteiger partial charge in [-0.15, -0.1) is 0 Å². The average molecular weight is 312 g/mol. The summed E-state index contributed by atoms with van der Waals surface area (Å²) in [6.07, 6.45) is 3.96. The molecule has 23 heavy (non-hydrogen) atoms. The summed E-state index contributed by atoms with van der Waals surface area (Å²) in [5.74, 6) is 1.05. The highest BCUT2D eigenvalue weighted by molar-refractivity contribution is 5.94. The number of likely N-dealkylation sites (tertiary alicyclic amines) is 1. The molecule has 0 saturated carbocycles. The van der Waals surface area contributed by atoms with E-state index in [1.54, 1.807) is 17.2 Å². The lowest BCUT2D eigenvalue weighted by molar-refractivity contribution is 0.0489. The number of nitrogens with zero attached hydrogens (tertiary/aromatic N) is 3. The summed E-state index contributed by atoms with van der Waals surface area (Å²) in [7, 11) is 0. The molecule has 0 radical (unpaired) electrons.